The Morgan fingerprint density at radius 1 is 1.43 bits per heavy atom. The molecule has 2 rings (SSSR count). The van der Waals surface area contributed by atoms with Gasteiger partial charge in [-0.3, -0.25) is 15.4 Å². The molecule has 16 heteroatoms. The van der Waals surface area contributed by atoms with Crippen LogP contribution in [-0.4, -0.2) is 55.5 Å². The van der Waals surface area contributed by atoms with Crippen molar-refractivity contribution >= 4 is 44.7 Å². The Bertz CT molecular complexity index is 956. The van der Waals surface area contributed by atoms with Gasteiger partial charge in [-0.1, -0.05) is 12.1 Å². The van der Waals surface area contributed by atoms with Crippen LogP contribution in [0.2, 0.25) is 0 Å². The second-order valence-electron chi connectivity index (χ2n) is 4.86. The number of nitro benzene ring substituents is 1. The van der Waals surface area contributed by atoms with Gasteiger partial charge in [-0.25, -0.2) is 27.8 Å². The summed E-state index contributed by atoms with van der Waals surface area (Å²) in [5.41, 5.74) is -0.787. The number of rotatable bonds is 5. The molecule has 2 amide bonds. The molecule has 0 bridgehead atoms. The SMILES string of the molecule is COC1=NC(Cl)=NC(NC(=O)NS(=O)(=O)c2ccccc2[N+](=O)[O-])N1C(F)F. The lowest BCUT2D eigenvalue weighted by molar-refractivity contribution is -0.387. The minimum Gasteiger partial charge on any atom is -0.468 e. The van der Waals surface area contributed by atoms with Crippen LogP contribution in [0.4, 0.5) is 19.3 Å². The first-order valence-electron chi connectivity index (χ1n) is 7.06. The molecule has 1 aromatic rings. The number of hydrogen-bond acceptors (Lipinski definition) is 9. The molecule has 0 fully saturated rings. The minimum absolute atomic E-state index is 0.114. The summed E-state index contributed by atoms with van der Waals surface area (Å²) in [5, 5.41) is 12.3. The fourth-order valence-electron chi connectivity index (χ4n) is 2.04. The standard InChI is InChI=1S/C12H11ClF2N6O6S/c1-27-12-17-8(13)16-10(20(12)9(14)15)18-11(22)19-28(25,26)7-5-3-2-4-6(7)21(23)24/h2-5,9-10H,1H3,(H2,18,19,22). The summed E-state index contributed by atoms with van der Waals surface area (Å²) < 4.78 is 57.1. The second-order valence-corrected chi connectivity index (χ2v) is 6.85. The normalized spacial score (nSPS) is 16.9. The van der Waals surface area contributed by atoms with E-state index in [4.69, 9.17) is 11.6 Å². The van der Waals surface area contributed by atoms with E-state index in [1.807, 2.05) is 5.32 Å². The highest BCUT2D eigenvalue weighted by Crippen LogP contribution is 2.22. The van der Waals surface area contributed by atoms with Crippen molar-refractivity contribution in [1.82, 2.24) is 14.9 Å². The first-order chi connectivity index (χ1) is 13.1. The van der Waals surface area contributed by atoms with E-state index in [-0.39, 0.29) is 4.90 Å². The summed E-state index contributed by atoms with van der Waals surface area (Å²) in [4.78, 5) is 28.2. The van der Waals surface area contributed by atoms with Crippen LogP contribution < -0.4 is 10.0 Å². The van der Waals surface area contributed by atoms with Gasteiger partial charge in [-0.05, 0) is 17.7 Å². The largest absolute Gasteiger partial charge is 0.468 e. The molecule has 28 heavy (non-hydrogen) atoms. The molecule has 0 aliphatic carbocycles. The molecule has 0 saturated carbocycles. The fourth-order valence-corrected chi connectivity index (χ4v) is 3.29. The van der Waals surface area contributed by atoms with Gasteiger partial charge in [0.2, 0.25) is 11.6 Å². The Balaban J connectivity index is 2.24. The van der Waals surface area contributed by atoms with Crippen molar-refractivity contribution in [2.24, 2.45) is 9.98 Å². The fraction of sp³-hybridized carbons (Fsp3) is 0.250. The van der Waals surface area contributed by atoms with Gasteiger partial charge in [0.05, 0.1) is 12.0 Å². The number of benzene rings is 1. The average Bonchev–Trinajstić information content (AvgIpc) is 2.60. The number of sulfonamides is 1. The highest BCUT2D eigenvalue weighted by Gasteiger charge is 2.36. The number of halogens is 3. The summed E-state index contributed by atoms with van der Waals surface area (Å²) >= 11 is 5.57. The van der Waals surface area contributed by atoms with Crippen LogP contribution in [0.5, 0.6) is 0 Å². The van der Waals surface area contributed by atoms with Gasteiger partial charge >= 0.3 is 18.6 Å². The molecule has 1 atom stereocenters. The summed E-state index contributed by atoms with van der Waals surface area (Å²) in [6, 6.07) is 2.05. The molecule has 1 aliphatic heterocycles. The van der Waals surface area contributed by atoms with E-state index in [1.165, 1.54) is 16.9 Å². The molecule has 0 aromatic heterocycles. The number of alkyl halides is 2. The third-order valence-electron chi connectivity index (χ3n) is 3.13. The van der Waals surface area contributed by atoms with E-state index < -0.39 is 55.7 Å². The van der Waals surface area contributed by atoms with E-state index in [0.717, 1.165) is 19.2 Å². The third-order valence-corrected chi connectivity index (χ3v) is 4.69. The van der Waals surface area contributed by atoms with E-state index in [2.05, 4.69) is 14.7 Å². The van der Waals surface area contributed by atoms with Crippen LogP contribution in [0.1, 0.15) is 0 Å². The molecule has 1 unspecified atom stereocenters. The van der Waals surface area contributed by atoms with Crippen molar-refractivity contribution < 1.29 is 31.7 Å². The number of nitrogens with one attached hydrogen (secondary N) is 2. The number of methoxy groups -OCH3 is 1. The predicted molar refractivity (Wildman–Crippen MR) is 91.3 cm³/mol. The average molecular weight is 441 g/mol. The second kappa shape index (κ2) is 8.30. The molecule has 12 nitrogen and oxygen atoms in total. The van der Waals surface area contributed by atoms with Gasteiger partial charge in [-0.15, -0.1) is 0 Å². The van der Waals surface area contributed by atoms with E-state index in [1.54, 1.807) is 0 Å². The van der Waals surface area contributed by atoms with Crippen LogP contribution in [0.3, 0.4) is 0 Å². The highest BCUT2D eigenvalue weighted by atomic mass is 35.5. The Morgan fingerprint density at radius 2 is 2.07 bits per heavy atom. The van der Waals surface area contributed by atoms with Gasteiger partial charge < -0.3 is 4.74 Å². The lowest BCUT2D eigenvalue weighted by Gasteiger charge is -2.31. The van der Waals surface area contributed by atoms with E-state index >= 15 is 0 Å². The van der Waals surface area contributed by atoms with Crippen LogP contribution >= 0.6 is 11.6 Å². The molecule has 0 spiro atoms. The maximum absolute atomic E-state index is 13.2. The van der Waals surface area contributed by atoms with Crippen molar-refractivity contribution in [3.63, 3.8) is 0 Å². The number of ether oxygens (including phenoxy) is 1. The van der Waals surface area contributed by atoms with Gasteiger partial charge in [0.15, 0.2) is 4.90 Å². The molecule has 1 heterocycles. The molecule has 1 aromatic carbocycles. The van der Waals surface area contributed by atoms with Gasteiger partial charge in [-0.2, -0.15) is 13.8 Å². The maximum Gasteiger partial charge on any atom is 0.331 e. The Hall–Kier alpha value is -3.07. The van der Waals surface area contributed by atoms with E-state index in [0.29, 0.717) is 0 Å². The quantitative estimate of drug-likeness (QED) is 0.393. The molecule has 0 saturated heterocycles. The van der Waals surface area contributed by atoms with Crippen LogP contribution in [0, 0.1) is 10.1 Å². The lowest BCUT2D eigenvalue weighted by atomic mass is 10.3. The molecular formula is C12H11ClF2N6O6S. The molecule has 0 radical (unpaired) electrons. The van der Waals surface area contributed by atoms with Crippen LogP contribution in [0.25, 0.3) is 0 Å². The van der Waals surface area contributed by atoms with Gasteiger partial charge in [0, 0.05) is 6.07 Å². The Labute approximate surface area is 161 Å². The van der Waals surface area contributed by atoms with Crippen molar-refractivity contribution in [3.05, 3.63) is 34.4 Å². The van der Waals surface area contributed by atoms with Crippen molar-refractivity contribution in [2.45, 2.75) is 17.7 Å². The number of carbonyl (C=O) groups is 1. The van der Waals surface area contributed by atoms with Crippen LogP contribution in [-0.2, 0) is 14.8 Å². The number of urea groups is 1. The molecular weight excluding hydrogens is 430 g/mol. The van der Waals surface area contributed by atoms with Crippen molar-refractivity contribution in [3.8, 4) is 0 Å². The zero-order chi connectivity index (χ0) is 21.1. The topological polar surface area (TPSA) is 156 Å². The first kappa shape index (κ1) is 21.2. The number of para-hydroxylation sites is 1. The predicted octanol–water partition coefficient (Wildman–Crippen LogP) is 1.00. The molecule has 2 N–H and O–H groups in total. The number of nitrogens with zero attached hydrogens (tertiary/aromatic N) is 4. The summed E-state index contributed by atoms with van der Waals surface area (Å²) in [5.74, 6) is 0. The zero-order valence-corrected chi connectivity index (χ0v) is 15.3. The third kappa shape index (κ3) is 4.61. The summed E-state index contributed by atoms with van der Waals surface area (Å²) in [6.07, 6.45) is -1.86. The van der Waals surface area contributed by atoms with Gasteiger partial charge in [0.25, 0.3) is 15.7 Å². The Kier molecular flexibility index (Phi) is 6.30. The molecule has 1 aliphatic rings. The number of amidine groups is 2. The van der Waals surface area contributed by atoms with Crippen molar-refractivity contribution in [2.75, 3.05) is 7.11 Å². The highest BCUT2D eigenvalue weighted by molar-refractivity contribution is 7.90. The lowest BCUT2D eigenvalue weighted by Crippen LogP contribution is -2.56. The van der Waals surface area contributed by atoms with Crippen LogP contribution in [0.15, 0.2) is 39.1 Å². The number of carbonyl (C=O) groups excluding carboxylic acids is 1. The Morgan fingerprint density at radius 3 is 2.64 bits per heavy atom. The summed E-state index contributed by atoms with van der Waals surface area (Å²) in [6.45, 7) is -3.25. The minimum atomic E-state index is -4.71. The summed E-state index contributed by atoms with van der Waals surface area (Å²) in [7, 11) is -3.70. The number of aliphatic imine (C=N–C) groups is 2. The number of nitro groups is 1. The zero-order valence-electron chi connectivity index (χ0n) is 13.7. The maximum atomic E-state index is 13.2. The van der Waals surface area contributed by atoms with Crippen molar-refractivity contribution in [1.29, 1.82) is 0 Å². The molecule has 152 valence electrons. The smallest absolute Gasteiger partial charge is 0.331 e. The number of amides is 2. The van der Waals surface area contributed by atoms with Gasteiger partial charge in [0.1, 0.15) is 0 Å². The number of hydrogen-bond donors (Lipinski definition) is 2. The van der Waals surface area contributed by atoms with E-state index in [9.17, 15) is 32.1 Å². The monoisotopic (exact) mass is 440 g/mol. The first-order valence-corrected chi connectivity index (χ1v) is 8.92.